The molecule has 1 aliphatic heterocycles. The molecule has 0 radical (unpaired) electrons. The number of likely N-dealkylation sites (tertiary alicyclic amines) is 1. The van der Waals surface area contributed by atoms with E-state index < -0.39 is 0 Å². The molecule has 3 N–H and O–H groups in total. The fourth-order valence-electron chi connectivity index (χ4n) is 4.43. The van der Waals surface area contributed by atoms with Crippen LogP contribution < -0.4 is 20.7 Å². The van der Waals surface area contributed by atoms with Gasteiger partial charge in [0.1, 0.15) is 0 Å². The highest BCUT2D eigenvalue weighted by Gasteiger charge is 2.17. The molecule has 0 spiro atoms. The molecule has 1 fully saturated rings. The van der Waals surface area contributed by atoms with Crippen molar-refractivity contribution < 1.29 is 9.53 Å². The molecule has 0 bridgehead atoms. The van der Waals surface area contributed by atoms with Gasteiger partial charge >= 0.3 is 0 Å². The number of nitriles is 1. The fraction of sp³-hybridized carbons (Fsp3) is 0.333. The Kier molecular flexibility index (Phi) is 9.48. The Morgan fingerprint density at radius 1 is 1.18 bits per heavy atom. The standard InChI is InChI=1S/C30H35N7O2/c1-21(36-29(38)9-12-33-28-15-23(17-31)7-8-27(28)32-2)24-5-4-6-25(16-24)30-34-18-26(19-35-30)39-20-22-10-13-37(3)14-11-22/h4-9,12,15-16,18-19,21-22,32-33H,10-11,13-14,20H2,1-3H3,(H,36,38)/b12-9-. The van der Waals surface area contributed by atoms with Crippen LogP contribution in [0.25, 0.3) is 11.4 Å². The lowest BCUT2D eigenvalue weighted by Gasteiger charge is -2.28. The van der Waals surface area contributed by atoms with Gasteiger partial charge in [-0.25, -0.2) is 9.97 Å². The van der Waals surface area contributed by atoms with Gasteiger partial charge in [0, 0.05) is 24.9 Å². The third-order valence-corrected chi connectivity index (χ3v) is 6.85. The Bertz CT molecular complexity index is 1330. The lowest BCUT2D eigenvalue weighted by Crippen LogP contribution is -2.32. The predicted molar refractivity (Wildman–Crippen MR) is 153 cm³/mol. The minimum atomic E-state index is -0.245. The van der Waals surface area contributed by atoms with Crippen molar-refractivity contribution in [2.45, 2.75) is 25.8 Å². The second kappa shape index (κ2) is 13.4. The number of nitrogens with one attached hydrogen (secondary N) is 3. The van der Waals surface area contributed by atoms with E-state index in [-0.39, 0.29) is 11.9 Å². The molecule has 1 saturated heterocycles. The molecule has 3 aromatic rings. The number of nitrogens with zero attached hydrogens (tertiary/aromatic N) is 4. The number of rotatable bonds is 10. The maximum Gasteiger partial charge on any atom is 0.245 e. The van der Waals surface area contributed by atoms with Crippen molar-refractivity contribution in [2.24, 2.45) is 5.92 Å². The second-order valence-electron chi connectivity index (χ2n) is 9.76. The number of aromatic nitrogens is 2. The quantitative estimate of drug-likeness (QED) is 0.330. The summed E-state index contributed by atoms with van der Waals surface area (Å²) in [5.41, 5.74) is 3.86. The van der Waals surface area contributed by atoms with E-state index in [0.717, 1.165) is 42.7 Å². The van der Waals surface area contributed by atoms with E-state index >= 15 is 0 Å². The monoisotopic (exact) mass is 525 g/mol. The third-order valence-electron chi connectivity index (χ3n) is 6.85. The van der Waals surface area contributed by atoms with E-state index in [1.54, 1.807) is 37.8 Å². The number of carbonyl (C=O) groups excluding carboxylic acids is 1. The van der Waals surface area contributed by atoms with E-state index in [1.807, 2.05) is 37.3 Å². The van der Waals surface area contributed by atoms with Crippen molar-refractivity contribution in [3.8, 4) is 23.2 Å². The van der Waals surface area contributed by atoms with Crippen LogP contribution in [-0.2, 0) is 4.79 Å². The van der Waals surface area contributed by atoms with Gasteiger partial charge in [0.25, 0.3) is 0 Å². The number of piperidine rings is 1. The van der Waals surface area contributed by atoms with Gasteiger partial charge in [0.2, 0.25) is 5.91 Å². The van der Waals surface area contributed by atoms with Crippen LogP contribution in [0.15, 0.2) is 67.1 Å². The zero-order valence-corrected chi connectivity index (χ0v) is 22.6. The minimum absolute atomic E-state index is 0.228. The number of hydrogen-bond acceptors (Lipinski definition) is 8. The molecule has 0 aliphatic carbocycles. The van der Waals surface area contributed by atoms with Crippen molar-refractivity contribution in [3.63, 3.8) is 0 Å². The van der Waals surface area contributed by atoms with Crippen LogP contribution in [0.3, 0.4) is 0 Å². The molecular weight excluding hydrogens is 490 g/mol. The van der Waals surface area contributed by atoms with Crippen LogP contribution >= 0.6 is 0 Å². The molecule has 9 heteroatoms. The summed E-state index contributed by atoms with van der Waals surface area (Å²) >= 11 is 0. The Morgan fingerprint density at radius 2 is 1.95 bits per heavy atom. The molecule has 1 atom stereocenters. The first kappa shape index (κ1) is 27.6. The predicted octanol–water partition coefficient (Wildman–Crippen LogP) is 4.58. The van der Waals surface area contributed by atoms with Crippen molar-refractivity contribution in [1.29, 1.82) is 5.26 Å². The van der Waals surface area contributed by atoms with Gasteiger partial charge in [-0.15, -0.1) is 0 Å². The third kappa shape index (κ3) is 7.79. The minimum Gasteiger partial charge on any atom is -0.490 e. The van der Waals surface area contributed by atoms with Crippen molar-refractivity contribution in [3.05, 3.63) is 78.3 Å². The smallest absolute Gasteiger partial charge is 0.245 e. The molecule has 1 aliphatic rings. The summed E-state index contributed by atoms with van der Waals surface area (Å²) in [6.07, 6.45) is 8.72. The molecule has 0 saturated carbocycles. The Hall–Kier alpha value is -4.42. The first-order chi connectivity index (χ1) is 18.9. The number of ether oxygens (including phenoxy) is 1. The Labute approximate surface area is 229 Å². The van der Waals surface area contributed by atoms with E-state index in [2.05, 4.69) is 43.9 Å². The maximum absolute atomic E-state index is 12.5. The molecule has 1 amide bonds. The van der Waals surface area contributed by atoms with Crippen molar-refractivity contribution in [1.82, 2.24) is 20.2 Å². The largest absolute Gasteiger partial charge is 0.490 e. The summed E-state index contributed by atoms with van der Waals surface area (Å²) in [6.45, 7) is 4.84. The zero-order chi connectivity index (χ0) is 27.6. The molecule has 2 aromatic carbocycles. The maximum atomic E-state index is 12.5. The molecule has 4 rings (SSSR count). The highest BCUT2D eigenvalue weighted by atomic mass is 16.5. The SMILES string of the molecule is CNc1ccc(C#N)cc1N/C=C\C(=O)NC(C)c1cccc(-c2ncc(OCC3CCN(C)CC3)cn2)c1. The van der Waals surface area contributed by atoms with Crippen LogP contribution in [0, 0.1) is 17.2 Å². The molecule has 202 valence electrons. The second-order valence-corrected chi connectivity index (χ2v) is 9.76. The topological polar surface area (TPSA) is 115 Å². The van der Waals surface area contributed by atoms with Crippen molar-refractivity contribution >= 4 is 17.3 Å². The molecule has 2 heterocycles. The van der Waals surface area contributed by atoms with E-state index in [4.69, 9.17) is 10.00 Å². The van der Waals surface area contributed by atoms with E-state index in [0.29, 0.717) is 35.3 Å². The van der Waals surface area contributed by atoms with Crippen LogP contribution in [0.5, 0.6) is 5.75 Å². The van der Waals surface area contributed by atoms with Gasteiger partial charge in [0.15, 0.2) is 11.6 Å². The average molecular weight is 526 g/mol. The van der Waals surface area contributed by atoms with Crippen LogP contribution in [-0.4, -0.2) is 54.6 Å². The average Bonchev–Trinajstić information content (AvgIpc) is 2.97. The highest BCUT2D eigenvalue weighted by molar-refractivity contribution is 5.88. The zero-order valence-electron chi connectivity index (χ0n) is 22.6. The number of hydrogen-bond donors (Lipinski definition) is 3. The van der Waals surface area contributed by atoms with Gasteiger partial charge in [-0.05, 0) is 75.6 Å². The van der Waals surface area contributed by atoms with Crippen LogP contribution in [0.2, 0.25) is 0 Å². The summed E-state index contributed by atoms with van der Waals surface area (Å²) in [5, 5.41) is 18.2. The number of anilines is 2. The lowest BCUT2D eigenvalue weighted by atomic mass is 9.98. The van der Waals surface area contributed by atoms with E-state index in [1.165, 1.54) is 6.08 Å². The Morgan fingerprint density at radius 3 is 2.67 bits per heavy atom. The molecule has 1 unspecified atom stereocenters. The number of amides is 1. The molecule has 1 aromatic heterocycles. The molecule has 39 heavy (non-hydrogen) atoms. The summed E-state index contributed by atoms with van der Waals surface area (Å²) in [6, 6.07) is 15.0. The summed E-state index contributed by atoms with van der Waals surface area (Å²) in [4.78, 5) is 23.9. The summed E-state index contributed by atoms with van der Waals surface area (Å²) in [7, 11) is 3.95. The normalized spacial score (nSPS) is 14.9. The van der Waals surface area contributed by atoms with E-state index in [9.17, 15) is 4.79 Å². The summed E-state index contributed by atoms with van der Waals surface area (Å²) in [5.74, 6) is 1.60. The number of carbonyl (C=O) groups is 1. The first-order valence-corrected chi connectivity index (χ1v) is 13.1. The number of benzene rings is 2. The van der Waals surface area contributed by atoms with Gasteiger partial charge in [-0.2, -0.15) is 5.26 Å². The fourth-order valence-corrected chi connectivity index (χ4v) is 4.43. The van der Waals surface area contributed by atoms with Gasteiger partial charge in [-0.3, -0.25) is 4.79 Å². The summed E-state index contributed by atoms with van der Waals surface area (Å²) < 4.78 is 5.94. The highest BCUT2D eigenvalue weighted by Crippen LogP contribution is 2.24. The van der Waals surface area contributed by atoms with Gasteiger partial charge < -0.3 is 25.6 Å². The van der Waals surface area contributed by atoms with Crippen molar-refractivity contribution in [2.75, 3.05) is 44.4 Å². The van der Waals surface area contributed by atoms with Crippen LogP contribution in [0.4, 0.5) is 11.4 Å². The molecular formula is C30H35N7O2. The Balaban J connectivity index is 1.31. The van der Waals surface area contributed by atoms with Gasteiger partial charge in [-0.1, -0.05) is 18.2 Å². The first-order valence-electron chi connectivity index (χ1n) is 13.1. The molecule has 9 nitrogen and oxygen atoms in total. The lowest BCUT2D eigenvalue weighted by molar-refractivity contribution is -0.117. The van der Waals surface area contributed by atoms with Crippen LogP contribution in [0.1, 0.15) is 36.9 Å². The van der Waals surface area contributed by atoms with Gasteiger partial charge in [0.05, 0.1) is 48.0 Å².